The second-order valence-electron chi connectivity index (χ2n) is 3.81. The number of anilines is 1. The van der Waals surface area contributed by atoms with Crippen LogP contribution in [-0.2, 0) is 16.0 Å². The molecule has 0 aliphatic heterocycles. The van der Waals surface area contributed by atoms with Crippen LogP contribution in [0.3, 0.4) is 0 Å². The summed E-state index contributed by atoms with van der Waals surface area (Å²) in [5.41, 5.74) is 0.133. The van der Waals surface area contributed by atoms with Crippen molar-refractivity contribution >= 4 is 28.9 Å². The fourth-order valence-electron chi connectivity index (χ4n) is 1.43. The first kappa shape index (κ1) is 15.5. The summed E-state index contributed by atoms with van der Waals surface area (Å²) >= 11 is 4.91. The Balaban J connectivity index is 2.95. The maximum Gasteiger partial charge on any atom is 0.224 e. The molecule has 0 heterocycles. The Morgan fingerprint density at radius 2 is 2.00 bits per heavy atom. The molecule has 0 fully saturated rings. The fourth-order valence-corrected chi connectivity index (χ4v) is 1.70. The lowest BCUT2D eigenvalue weighted by Gasteiger charge is -2.10. The minimum Gasteiger partial charge on any atom is -0.487 e. The molecule has 1 rings (SSSR count). The molecule has 0 aromatic heterocycles. The van der Waals surface area contributed by atoms with Gasteiger partial charge in [0, 0.05) is 18.9 Å². The van der Waals surface area contributed by atoms with E-state index in [0.717, 1.165) is 6.07 Å². The van der Waals surface area contributed by atoms with E-state index in [2.05, 4.69) is 5.32 Å². The Bertz CT molecular complexity index is 492. The van der Waals surface area contributed by atoms with Gasteiger partial charge in [-0.1, -0.05) is 6.92 Å². The number of thiocarbonyl (C=S) groups is 1. The van der Waals surface area contributed by atoms with E-state index in [1.54, 1.807) is 13.8 Å². The molecule has 19 heavy (non-hydrogen) atoms. The number of carbonyl (C=O) groups is 1. The van der Waals surface area contributed by atoms with Crippen molar-refractivity contribution in [3.63, 3.8) is 0 Å². The van der Waals surface area contributed by atoms with Crippen LogP contribution in [0, 0.1) is 11.6 Å². The van der Waals surface area contributed by atoms with Crippen LogP contribution in [0.2, 0.25) is 0 Å². The van der Waals surface area contributed by atoms with Crippen molar-refractivity contribution in [2.45, 2.75) is 26.7 Å². The molecule has 0 aliphatic rings. The van der Waals surface area contributed by atoms with Gasteiger partial charge in [-0.05, 0) is 30.8 Å². The number of hydrogen-bond donors (Lipinski definition) is 1. The van der Waals surface area contributed by atoms with Crippen molar-refractivity contribution in [3.8, 4) is 0 Å². The molecule has 0 saturated heterocycles. The number of carbonyl (C=O) groups excluding carboxylic acids is 1. The molecule has 0 saturated carbocycles. The molecule has 0 unspecified atom stereocenters. The average molecular weight is 287 g/mol. The van der Waals surface area contributed by atoms with Gasteiger partial charge in [0.15, 0.2) is 5.05 Å². The second-order valence-corrected chi connectivity index (χ2v) is 4.26. The third kappa shape index (κ3) is 4.55. The second kappa shape index (κ2) is 7.13. The van der Waals surface area contributed by atoms with E-state index in [0.29, 0.717) is 6.61 Å². The van der Waals surface area contributed by atoms with Crippen molar-refractivity contribution in [2.24, 2.45) is 0 Å². The van der Waals surface area contributed by atoms with Gasteiger partial charge in [-0.25, -0.2) is 8.78 Å². The molecular weight excluding hydrogens is 272 g/mol. The van der Waals surface area contributed by atoms with Crippen LogP contribution in [0.25, 0.3) is 0 Å². The lowest BCUT2D eigenvalue weighted by Crippen LogP contribution is -2.13. The standard InChI is InChI=1S/C13H15F2NO2S/c1-3-12(17)16-11-5-8(6-13(19)18-4-2)9(14)7-10(11)15/h5,7H,3-4,6H2,1-2H3,(H,16,17). The highest BCUT2D eigenvalue weighted by Gasteiger charge is 2.13. The van der Waals surface area contributed by atoms with Crippen LogP contribution < -0.4 is 5.32 Å². The smallest absolute Gasteiger partial charge is 0.224 e. The zero-order valence-corrected chi connectivity index (χ0v) is 11.6. The third-order valence-electron chi connectivity index (χ3n) is 2.37. The van der Waals surface area contributed by atoms with Gasteiger partial charge in [0.05, 0.1) is 12.3 Å². The van der Waals surface area contributed by atoms with Crippen LogP contribution in [0.15, 0.2) is 12.1 Å². The first-order valence-electron chi connectivity index (χ1n) is 5.91. The van der Waals surface area contributed by atoms with E-state index in [1.807, 2.05) is 0 Å². The van der Waals surface area contributed by atoms with E-state index in [-0.39, 0.29) is 35.1 Å². The maximum absolute atomic E-state index is 13.6. The largest absolute Gasteiger partial charge is 0.487 e. The van der Waals surface area contributed by atoms with Crippen molar-refractivity contribution in [1.29, 1.82) is 0 Å². The van der Waals surface area contributed by atoms with Crippen LogP contribution in [-0.4, -0.2) is 17.6 Å². The molecule has 0 aliphatic carbocycles. The summed E-state index contributed by atoms with van der Waals surface area (Å²) in [6.07, 6.45) is 0.272. The average Bonchev–Trinajstić information content (AvgIpc) is 2.35. The molecule has 0 spiro atoms. The highest BCUT2D eigenvalue weighted by molar-refractivity contribution is 7.80. The summed E-state index contributed by atoms with van der Waals surface area (Å²) in [5.74, 6) is -1.87. The molecule has 104 valence electrons. The number of hydrogen-bond acceptors (Lipinski definition) is 3. The molecule has 1 amide bonds. The number of amides is 1. The summed E-state index contributed by atoms with van der Waals surface area (Å²) in [6, 6.07) is 1.97. The van der Waals surface area contributed by atoms with Crippen molar-refractivity contribution < 1.29 is 18.3 Å². The number of rotatable bonds is 5. The molecule has 1 N–H and O–H groups in total. The molecule has 6 heteroatoms. The predicted octanol–water partition coefficient (Wildman–Crippen LogP) is 3.22. The Morgan fingerprint density at radius 3 is 2.58 bits per heavy atom. The molecule has 3 nitrogen and oxygen atoms in total. The van der Waals surface area contributed by atoms with Gasteiger partial charge in [-0.15, -0.1) is 0 Å². The van der Waals surface area contributed by atoms with E-state index in [9.17, 15) is 13.6 Å². The van der Waals surface area contributed by atoms with Crippen LogP contribution in [0.1, 0.15) is 25.8 Å². The fraction of sp³-hybridized carbons (Fsp3) is 0.385. The van der Waals surface area contributed by atoms with Gasteiger partial charge >= 0.3 is 0 Å². The van der Waals surface area contributed by atoms with E-state index < -0.39 is 11.6 Å². The van der Waals surface area contributed by atoms with Crippen LogP contribution >= 0.6 is 12.2 Å². The summed E-state index contributed by atoms with van der Waals surface area (Å²) in [6.45, 7) is 3.79. The lowest BCUT2D eigenvalue weighted by atomic mass is 10.1. The quantitative estimate of drug-likeness (QED) is 0.845. The highest BCUT2D eigenvalue weighted by Crippen LogP contribution is 2.20. The predicted molar refractivity (Wildman–Crippen MR) is 73.2 cm³/mol. The Hall–Kier alpha value is -1.56. The molecular formula is C13H15F2NO2S. The van der Waals surface area contributed by atoms with Gasteiger partial charge in [0.25, 0.3) is 0 Å². The summed E-state index contributed by atoms with van der Waals surface area (Å²) in [5, 5.41) is 2.59. The molecule has 1 aromatic rings. The van der Waals surface area contributed by atoms with E-state index in [1.165, 1.54) is 6.07 Å². The van der Waals surface area contributed by atoms with Crippen LogP contribution in [0.4, 0.5) is 14.5 Å². The lowest BCUT2D eigenvalue weighted by molar-refractivity contribution is -0.115. The van der Waals surface area contributed by atoms with Gasteiger partial charge in [0.1, 0.15) is 11.6 Å². The topological polar surface area (TPSA) is 38.3 Å². The Morgan fingerprint density at radius 1 is 1.32 bits per heavy atom. The minimum atomic E-state index is -0.814. The minimum absolute atomic E-state index is 0.0532. The van der Waals surface area contributed by atoms with Gasteiger partial charge in [0.2, 0.25) is 5.91 Å². The number of nitrogens with one attached hydrogen (secondary N) is 1. The van der Waals surface area contributed by atoms with Gasteiger partial charge < -0.3 is 10.1 Å². The Kier molecular flexibility index (Phi) is 5.82. The number of benzene rings is 1. The molecule has 1 aromatic carbocycles. The number of halogens is 2. The monoisotopic (exact) mass is 287 g/mol. The first-order chi connectivity index (χ1) is 8.97. The molecule has 0 atom stereocenters. The van der Waals surface area contributed by atoms with Gasteiger partial charge in [-0.3, -0.25) is 4.79 Å². The zero-order chi connectivity index (χ0) is 14.4. The van der Waals surface area contributed by atoms with Gasteiger partial charge in [-0.2, -0.15) is 0 Å². The molecule has 0 radical (unpaired) electrons. The zero-order valence-electron chi connectivity index (χ0n) is 10.8. The summed E-state index contributed by atoms with van der Waals surface area (Å²) < 4.78 is 32.1. The van der Waals surface area contributed by atoms with Crippen LogP contribution in [0.5, 0.6) is 0 Å². The maximum atomic E-state index is 13.6. The highest BCUT2D eigenvalue weighted by atomic mass is 32.1. The van der Waals surface area contributed by atoms with Crippen molar-refractivity contribution in [2.75, 3.05) is 11.9 Å². The van der Waals surface area contributed by atoms with Crippen molar-refractivity contribution in [1.82, 2.24) is 0 Å². The van der Waals surface area contributed by atoms with E-state index in [4.69, 9.17) is 17.0 Å². The first-order valence-corrected chi connectivity index (χ1v) is 6.32. The van der Waals surface area contributed by atoms with Crippen molar-refractivity contribution in [3.05, 3.63) is 29.3 Å². The summed E-state index contributed by atoms with van der Waals surface area (Å²) in [4.78, 5) is 11.2. The SMILES string of the molecule is CCOC(=S)Cc1cc(NC(=O)CC)c(F)cc1F. The summed E-state index contributed by atoms with van der Waals surface area (Å²) in [7, 11) is 0. The third-order valence-corrected chi connectivity index (χ3v) is 2.63. The normalized spacial score (nSPS) is 10.1. The number of ether oxygens (including phenoxy) is 1. The molecule has 0 bridgehead atoms. The van der Waals surface area contributed by atoms with E-state index >= 15 is 0 Å². The Labute approximate surface area is 116 Å².